The summed E-state index contributed by atoms with van der Waals surface area (Å²) < 4.78 is 10.6. The summed E-state index contributed by atoms with van der Waals surface area (Å²) in [5.74, 6) is 1.05. The highest BCUT2D eigenvalue weighted by molar-refractivity contribution is 6.30. The van der Waals surface area contributed by atoms with E-state index in [9.17, 15) is 9.90 Å². The van der Waals surface area contributed by atoms with E-state index in [4.69, 9.17) is 21.1 Å². The molecule has 0 fully saturated rings. The quantitative estimate of drug-likeness (QED) is 0.773. The maximum atomic E-state index is 11.7. The van der Waals surface area contributed by atoms with E-state index < -0.39 is 0 Å². The van der Waals surface area contributed by atoms with E-state index in [1.165, 1.54) is 7.11 Å². The van der Waals surface area contributed by atoms with E-state index in [-0.39, 0.29) is 19.1 Å². The average molecular weight is 316 g/mol. The highest BCUT2D eigenvalue weighted by atomic mass is 35.5. The van der Waals surface area contributed by atoms with Crippen molar-refractivity contribution in [3.05, 3.63) is 22.7 Å². The minimum absolute atomic E-state index is 0.136. The third-order valence-electron chi connectivity index (χ3n) is 2.88. The number of carbonyl (C=O) groups excluding carboxylic acids is 1. The zero-order chi connectivity index (χ0) is 15.8. The van der Waals surface area contributed by atoms with Gasteiger partial charge in [0, 0.05) is 23.2 Å². The van der Waals surface area contributed by atoms with Crippen molar-refractivity contribution in [2.45, 2.75) is 26.9 Å². The predicted molar refractivity (Wildman–Crippen MR) is 81.9 cm³/mol. The van der Waals surface area contributed by atoms with E-state index >= 15 is 0 Å². The van der Waals surface area contributed by atoms with Crippen molar-refractivity contribution in [1.29, 1.82) is 0 Å². The molecule has 0 unspecified atom stereocenters. The van der Waals surface area contributed by atoms with Crippen LogP contribution in [0.2, 0.25) is 5.02 Å². The maximum absolute atomic E-state index is 11.7. The lowest BCUT2D eigenvalue weighted by Gasteiger charge is -2.14. The molecule has 1 rings (SSSR count). The van der Waals surface area contributed by atoms with E-state index in [1.54, 1.807) is 12.1 Å². The molecule has 21 heavy (non-hydrogen) atoms. The fraction of sp³-hybridized carbons (Fsp3) is 0.533. The molecule has 118 valence electrons. The number of aliphatic hydroxyl groups excluding tert-OH is 1. The molecule has 6 heteroatoms. The van der Waals surface area contributed by atoms with Gasteiger partial charge < -0.3 is 19.9 Å². The number of amides is 1. The lowest BCUT2D eigenvalue weighted by molar-refractivity contribution is -0.123. The van der Waals surface area contributed by atoms with Crippen LogP contribution in [0.5, 0.6) is 11.5 Å². The fourth-order valence-electron chi connectivity index (χ4n) is 1.74. The number of halogens is 1. The minimum atomic E-state index is -0.249. The van der Waals surface area contributed by atoms with Crippen LogP contribution in [0.3, 0.4) is 0 Å². The van der Waals surface area contributed by atoms with Gasteiger partial charge >= 0.3 is 0 Å². The monoisotopic (exact) mass is 315 g/mol. The van der Waals surface area contributed by atoms with Gasteiger partial charge in [-0.15, -0.1) is 0 Å². The number of rotatable bonds is 8. The van der Waals surface area contributed by atoms with Crippen molar-refractivity contribution in [2.75, 3.05) is 20.3 Å². The Morgan fingerprint density at radius 1 is 1.43 bits per heavy atom. The molecule has 0 atom stereocenters. The summed E-state index contributed by atoms with van der Waals surface area (Å²) in [5, 5.41) is 12.5. The lowest BCUT2D eigenvalue weighted by Crippen LogP contribution is -2.30. The molecule has 0 aliphatic carbocycles. The third kappa shape index (κ3) is 5.81. The summed E-state index contributed by atoms with van der Waals surface area (Å²) in [7, 11) is 1.47. The van der Waals surface area contributed by atoms with Gasteiger partial charge in [0.15, 0.2) is 18.1 Å². The Morgan fingerprint density at radius 3 is 2.71 bits per heavy atom. The zero-order valence-corrected chi connectivity index (χ0v) is 13.4. The number of ether oxygens (including phenoxy) is 2. The van der Waals surface area contributed by atoms with E-state index in [2.05, 4.69) is 19.2 Å². The topological polar surface area (TPSA) is 67.8 Å². The summed E-state index contributed by atoms with van der Waals surface area (Å²) in [5.41, 5.74) is 0.481. The first-order valence-corrected chi connectivity index (χ1v) is 7.22. The van der Waals surface area contributed by atoms with Crippen molar-refractivity contribution >= 4 is 17.5 Å². The standard InChI is InChI=1S/C15H22ClNO4/c1-10(2)4-5-17-14(19)9-21-15-11(8-18)6-12(16)7-13(15)20-3/h6-7,10,18H,4-5,8-9H2,1-3H3,(H,17,19). The van der Waals surface area contributed by atoms with Crippen molar-refractivity contribution in [2.24, 2.45) is 5.92 Å². The van der Waals surface area contributed by atoms with Gasteiger partial charge in [-0.25, -0.2) is 0 Å². The first-order chi connectivity index (χ1) is 9.97. The van der Waals surface area contributed by atoms with Gasteiger partial charge in [-0.05, 0) is 18.4 Å². The summed E-state index contributed by atoms with van der Waals surface area (Å²) in [6.07, 6.45) is 0.915. The van der Waals surface area contributed by atoms with Crippen LogP contribution < -0.4 is 14.8 Å². The van der Waals surface area contributed by atoms with Crippen molar-refractivity contribution in [3.63, 3.8) is 0 Å². The van der Waals surface area contributed by atoms with Crippen LogP contribution >= 0.6 is 11.6 Å². The van der Waals surface area contributed by atoms with Gasteiger partial charge in [-0.3, -0.25) is 4.79 Å². The Balaban J connectivity index is 2.64. The van der Waals surface area contributed by atoms with Gasteiger partial charge in [0.2, 0.25) is 0 Å². The third-order valence-corrected chi connectivity index (χ3v) is 3.10. The zero-order valence-electron chi connectivity index (χ0n) is 12.6. The number of benzene rings is 1. The Kier molecular flexibility index (Phi) is 7.32. The molecule has 1 aromatic rings. The number of aliphatic hydroxyl groups is 1. The molecule has 0 aliphatic rings. The van der Waals surface area contributed by atoms with Crippen molar-refractivity contribution < 1.29 is 19.4 Å². The number of hydrogen-bond donors (Lipinski definition) is 2. The highest BCUT2D eigenvalue weighted by Crippen LogP contribution is 2.34. The second-order valence-electron chi connectivity index (χ2n) is 5.08. The number of carbonyl (C=O) groups is 1. The van der Waals surface area contributed by atoms with E-state index in [1.807, 2.05) is 0 Å². The molecule has 0 spiro atoms. The molecule has 0 radical (unpaired) electrons. The molecular formula is C15H22ClNO4. The highest BCUT2D eigenvalue weighted by Gasteiger charge is 2.14. The van der Waals surface area contributed by atoms with Crippen molar-refractivity contribution in [1.82, 2.24) is 5.32 Å². The average Bonchev–Trinajstić information content (AvgIpc) is 2.44. The Hall–Kier alpha value is -1.46. The van der Waals surface area contributed by atoms with Crippen LogP contribution in [0.1, 0.15) is 25.8 Å². The molecule has 0 aliphatic heterocycles. The van der Waals surface area contributed by atoms with Gasteiger partial charge in [0.05, 0.1) is 13.7 Å². The molecule has 0 saturated carbocycles. The first kappa shape index (κ1) is 17.6. The Labute approximate surface area is 130 Å². The van der Waals surface area contributed by atoms with Crippen LogP contribution in [0.15, 0.2) is 12.1 Å². The maximum Gasteiger partial charge on any atom is 0.257 e. The molecule has 1 aromatic carbocycles. The number of methoxy groups -OCH3 is 1. The molecule has 0 heterocycles. The summed E-state index contributed by atoms with van der Waals surface area (Å²) >= 11 is 5.91. The molecule has 5 nitrogen and oxygen atoms in total. The van der Waals surface area contributed by atoms with Gasteiger partial charge in [0.25, 0.3) is 5.91 Å². The van der Waals surface area contributed by atoms with Crippen LogP contribution in [0.25, 0.3) is 0 Å². The lowest BCUT2D eigenvalue weighted by atomic mass is 10.1. The van der Waals surface area contributed by atoms with E-state index in [0.717, 1.165) is 6.42 Å². The van der Waals surface area contributed by atoms with Gasteiger partial charge in [-0.1, -0.05) is 25.4 Å². The van der Waals surface area contributed by atoms with Crippen LogP contribution in [0.4, 0.5) is 0 Å². The first-order valence-electron chi connectivity index (χ1n) is 6.84. The van der Waals surface area contributed by atoms with Gasteiger partial charge in [0.1, 0.15) is 0 Å². The fourth-order valence-corrected chi connectivity index (χ4v) is 1.98. The van der Waals surface area contributed by atoms with Crippen molar-refractivity contribution in [3.8, 4) is 11.5 Å². The normalized spacial score (nSPS) is 10.6. The Bertz CT molecular complexity index is 452. The predicted octanol–water partition coefficient (Wildman–Crippen LogP) is 2.38. The SMILES string of the molecule is COc1cc(Cl)cc(CO)c1OCC(=O)NCCC(C)C. The summed E-state index contributed by atoms with van der Waals surface area (Å²) in [6.45, 7) is 4.41. The largest absolute Gasteiger partial charge is 0.493 e. The smallest absolute Gasteiger partial charge is 0.257 e. The summed E-state index contributed by atoms with van der Waals surface area (Å²) in [4.78, 5) is 11.7. The second-order valence-corrected chi connectivity index (χ2v) is 5.51. The summed E-state index contributed by atoms with van der Waals surface area (Å²) in [6, 6.07) is 3.16. The molecule has 0 saturated heterocycles. The molecular weight excluding hydrogens is 294 g/mol. The molecule has 1 amide bonds. The second kappa shape index (κ2) is 8.74. The van der Waals surface area contributed by atoms with Crippen LogP contribution in [-0.2, 0) is 11.4 Å². The number of hydrogen-bond acceptors (Lipinski definition) is 4. The minimum Gasteiger partial charge on any atom is -0.493 e. The van der Waals surface area contributed by atoms with Crippen LogP contribution in [0, 0.1) is 5.92 Å². The molecule has 0 aromatic heterocycles. The number of nitrogens with one attached hydrogen (secondary N) is 1. The Morgan fingerprint density at radius 2 is 2.14 bits per heavy atom. The molecule has 0 bridgehead atoms. The van der Waals surface area contributed by atoms with Crippen LogP contribution in [-0.4, -0.2) is 31.3 Å². The van der Waals surface area contributed by atoms with E-state index in [0.29, 0.717) is 34.5 Å². The van der Waals surface area contributed by atoms with Gasteiger partial charge in [-0.2, -0.15) is 0 Å². The molecule has 2 N–H and O–H groups in total.